The van der Waals surface area contributed by atoms with Crippen molar-refractivity contribution in [3.63, 3.8) is 0 Å². The number of aromatic nitrogens is 1. The number of fused-ring (bicyclic) bond motifs is 1. The summed E-state index contributed by atoms with van der Waals surface area (Å²) in [5, 5.41) is 3.75. The molecule has 0 fully saturated rings. The Morgan fingerprint density at radius 1 is 1.00 bits per heavy atom. The van der Waals surface area contributed by atoms with Crippen molar-refractivity contribution in [2.24, 2.45) is 0 Å². The van der Waals surface area contributed by atoms with Crippen molar-refractivity contribution in [3.8, 4) is 0 Å². The van der Waals surface area contributed by atoms with Gasteiger partial charge in [0.2, 0.25) is 0 Å². The quantitative estimate of drug-likeness (QED) is 0.720. The largest absolute Gasteiger partial charge is 0.465 e. The van der Waals surface area contributed by atoms with Gasteiger partial charge in [0.25, 0.3) is 5.91 Å². The van der Waals surface area contributed by atoms with Gasteiger partial charge in [-0.15, -0.1) is 0 Å². The van der Waals surface area contributed by atoms with E-state index in [2.05, 4.69) is 10.3 Å². The third-order valence-electron chi connectivity index (χ3n) is 4.23. The Bertz CT molecular complexity index is 1030. The van der Waals surface area contributed by atoms with E-state index >= 15 is 0 Å². The molecule has 0 aliphatic carbocycles. The van der Waals surface area contributed by atoms with Crippen LogP contribution >= 0.6 is 0 Å². The molecule has 0 saturated heterocycles. The number of anilines is 1. The van der Waals surface area contributed by atoms with Gasteiger partial charge in [-0.25, -0.2) is 4.79 Å². The minimum atomic E-state index is -0.405. The van der Waals surface area contributed by atoms with Gasteiger partial charge in [-0.3, -0.25) is 9.78 Å². The summed E-state index contributed by atoms with van der Waals surface area (Å²) in [6, 6.07) is 12.7. The first-order valence-electron chi connectivity index (χ1n) is 8.27. The fraction of sp³-hybridized carbons (Fsp3) is 0.190. The predicted octanol–water partition coefficient (Wildman–Crippen LogP) is 4.20. The Morgan fingerprint density at radius 2 is 1.77 bits per heavy atom. The van der Waals surface area contributed by atoms with Crippen molar-refractivity contribution in [1.29, 1.82) is 0 Å². The van der Waals surface area contributed by atoms with E-state index in [1.165, 1.54) is 7.11 Å². The summed E-state index contributed by atoms with van der Waals surface area (Å²) in [6.45, 7) is 5.69. The number of carbonyl (C=O) groups excluding carboxylic acids is 2. The first kappa shape index (κ1) is 17.6. The zero-order valence-corrected chi connectivity index (χ0v) is 15.2. The van der Waals surface area contributed by atoms with E-state index in [0.717, 1.165) is 27.7 Å². The number of carbonyl (C=O) groups is 2. The molecular weight excluding hydrogens is 328 g/mol. The number of rotatable bonds is 3. The van der Waals surface area contributed by atoms with Crippen LogP contribution in [0.4, 0.5) is 5.69 Å². The number of amides is 1. The lowest BCUT2D eigenvalue weighted by atomic mass is 10.0. The molecule has 1 amide bonds. The molecular formula is C21H20N2O3. The van der Waals surface area contributed by atoms with Gasteiger partial charge in [-0.05, 0) is 62.7 Å². The molecule has 0 spiro atoms. The molecule has 5 nitrogen and oxygen atoms in total. The van der Waals surface area contributed by atoms with Crippen LogP contribution in [-0.2, 0) is 4.74 Å². The van der Waals surface area contributed by atoms with Gasteiger partial charge >= 0.3 is 5.97 Å². The molecule has 1 N–H and O–H groups in total. The van der Waals surface area contributed by atoms with Gasteiger partial charge in [0.05, 0.1) is 23.8 Å². The van der Waals surface area contributed by atoms with Crippen LogP contribution in [0.25, 0.3) is 10.9 Å². The minimum Gasteiger partial charge on any atom is -0.465 e. The highest BCUT2D eigenvalue weighted by molar-refractivity contribution is 6.12. The van der Waals surface area contributed by atoms with E-state index in [-0.39, 0.29) is 5.91 Å². The van der Waals surface area contributed by atoms with Crippen LogP contribution in [0.2, 0.25) is 0 Å². The molecule has 132 valence electrons. The van der Waals surface area contributed by atoms with E-state index < -0.39 is 5.97 Å². The summed E-state index contributed by atoms with van der Waals surface area (Å²) in [7, 11) is 1.34. The maximum Gasteiger partial charge on any atom is 0.337 e. The average molecular weight is 348 g/mol. The second-order valence-corrected chi connectivity index (χ2v) is 6.31. The zero-order chi connectivity index (χ0) is 18.8. The summed E-state index contributed by atoms with van der Waals surface area (Å²) < 4.78 is 4.72. The summed E-state index contributed by atoms with van der Waals surface area (Å²) in [6.07, 6.45) is 0. The van der Waals surface area contributed by atoms with Crippen molar-refractivity contribution < 1.29 is 14.3 Å². The number of hydrogen-bond acceptors (Lipinski definition) is 4. The number of ether oxygens (including phenoxy) is 1. The highest BCUT2D eigenvalue weighted by atomic mass is 16.5. The third kappa shape index (κ3) is 3.42. The Morgan fingerprint density at radius 3 is 2.46 bits per heavy atom. The molecule has 3 aromatic rings. The highest BCUT2D eigenvalue weighted by Gasteiger charge is 2.14. The first-order valence-corrected chi connectivity index (χ1v) is 8.27. The van der Waals surface area contributed by atoms with Gasteiger partial charge in [-0.1, -0.05) is 11.6 Å². The molecule has 0 aliphatic heterocycles. The number of esters is 1. The molecule has 0 saturated carbocycles. The fourth-order valence-electron chi connectivity index (χ4n) is 2.90. The number of nitrogens with zero attached hydrogens (tertiary/aromatic N) is 1. The lowest BCUT2D eigenvalue weighted by Gasteiger charge is -2.12. The number of benzene rings is 2. The monoisotopic (exact) mass is 348 g/mol. The van der Waals surface area contributed by atoms with E-state index in [1.807, 2.05) is 39.0 Å². The van der Waals surface area contributed by atoms with Gasteiger partial charge in [0.1, 0.15) is 0 Å². The molecule has 0 unspecified atom stereocenters. The number of pyridine rings is 1. The van der Waals surface area contributed by atoms with Crippen LogP contribution in [0, 0.1) is 20.8 Å². The van der Waals surface area contributed by atoms with Gasteiger partial charge in [-0.2, -0.15) is 0 Å². The molecule has 0 radical (unpaired) electrons. The Kier molecular flexibility index (Phi) is 4.71. The topological polar surface area (TPSA) is 68.3 Å². The number of methoxy groups -OCH3 is 1. The lowest BCUT2D eigenvalue weighted by molar-refractivity contribution is 0.0600. The third-order valence-corrected chi connectivity index (χ3v) is 4.23. The maximum absolute atomic E-state index is 12.9. The molecule has 1 heterocycles. The van der Waals surface area contributed by atoms with Crippen molar-refractivity contribution in [3.05, 3.63) is 70.4 Å². The van der Waals surface area contributed by atoms with E-state index in [4.69, 9.17) is 4.74 Å². The second-order valence-electron chi connectivity index (χ2n) is 6.31. The molecule has 1 aromatic heterocycles. The predicted molar refractivity (Wildman–Crippen MR) is 102 cm³/mol. The average Bonchev–Trinajstić information content (AvgIpc) is 2.62. The highest BCUT2D eigenvalue weighted by Crippen LogP contribution is 2.23. The molecule has 26 heavy (non-hydrogen) atoms. The Hall–Kier alpha value is -3.21. The van der Waals surface area contributed by atoms with E-state index in [9.17, 15) is 9.59 Å². The van der Waals surface area contributed by atoms with Crippen LogP contribution in [0.15, 0.2) is 42.5 Å². The van der Waals surface area contributed by atoms with Gasteiger partial charge in [0, 0.05) is 16.8 Å². The maximum atomic E-state index is 12.9. The van der Waals surface area contributed by atoms with Crippen LogP contribution in [0.3, 0.4) is 0 Å². The summed E-state index contributed by atoms with van der Waals surface area (Å²) in [5.41, 5.74) is 5.10. The molecule has 3 rings (SSSR count). The van der Waals surface area contributed by atoms with Crippen LogP contribution in [0.5, 0.6) is 0 Å². The number of nitrogens with one attached hydrogen (secondary N) is 1. The van der Waals surface area contributed by atoms with E-state index in [0.29, 0.717) is 16.8 Å². The smallest absolute Gasteiger partial charge is 0.337 e. The number of hydrogen-bond donors (Lipinski definition) is 1. The molecule has 5 heteroatoms. The Balaban J connectivity index is 1.97. The molecule has 0 bridgehead atoms. The standard InChI is InChI=1S/C21H20N2O3/c1-12-5-7-19-16(9-12)17(11-14(3)22-19)20(24)23-18-8-6-15(10-13(18)2)21(25)26-4/h5-11H,1-4H3,(H,23,24). The van der Waals surface area contributed by atoms with Gasteiger partial charge < -0.3 is 10.1 Å². The number of aryl methyl sites for hydroxylation is 3. The summed E-state index contributed by atoms with van der Waals surface area (Å²) in [4.78, 5) is 29.0. The molecule has 2 aromatic carbocycles. The van der Waals surface area contributed by atoms with Crippen LogP contribution in [0.1, 0.15) is 37.5 Å². The summed E-state index contributed by atoms with van der Waals surface area (Å²) in [5.74, 6) is -0.614. The van der Waals surface area contributed by atoms with Crippen molar-refractivity contribution in [2.75, 3.05) is 12.4 Å². The lowest BCUT2D eigenvalue weighted by Crippen LogP contribution is -2.14. The van der Waals surface area contributed by atoms with Crippen molar-refractivity contribution >= 4 is 28.5 Å². The fourth-order valence-corrected chi connectivity index (χ4v) is 2.90. The molecule has 0 atom stereocenters. The Labute approximate surface area is 152 Å². The SMILES string of the molecule is COC(=O)c1ccc(NC(=O)c2cc(C)nc3ccc(C)cc23)c(C)c1. The second kappa shape index (κ2) is 6.96. The van der Waals surface area contributed by atoms with Crippen LogP contribution < -0.4 is 5.32 Å². The summed E-state index contributed by atoms with van der Waals surface area (Å²) >= 11 is 0. The normalized spacial score (nSPS) is 10.6. The molecule has 0 aliphatic rings. The first-order chi connectivity index (χ1) is 12.4. The van der Waals surface area contributed by atoms with Gasteiger partial charge in [0.15, 0.2) is 0 Å². The minimum absolute atomic E-state index is 0.208. The van der Waals surface area contributed by atoms with Crippen LogP contribution in [-0.4, -0.2) is 24.0 Å². The van der Waals surface area contributed by atoms with Crippen molar-refractivity contribution in [1.82, 2.24) is 4.98 Å². The van der Waals surface area contributed by atoms with E-state index in [1.54, 1.807) is 24.3 Å². The zero-order valence-electron chi connectivity index (χ0n) is 15.2. The van der Waals surface area contributed by atoms with Crippen molar-refractivity contribution in [2.45, 2.75) is 20.8 Å².